The van der Waals surface area contributed by atoms with Crippen LogP contribution in [0.15, 0.2) is 18.2 Å². The molecule has 1 aromatic carbocycles. The van der Waals surface area contributed by atoms with Crippen molar-refractivity contribution < 1.29 is 19.4 Å². The minimum Gasteiger partial charge on any atom is -0.478 e. The summed E-state index contributed by atoms with van der Waals surface area (Å²) in [6.07, 6.45) is 4.33. The first-order chi connectivity index (χ1) is 10.1. The topological polar surface area (TPSA) is 66.8 Å². The zero-order valence-electron chi connectivity index (χ0n) is 11.9. The molecule has 1 amide bonds. The molecular weight excluding hydrogens is 270 g/mol. The largest absolute Gasteiger partial charge is 0.478 e. The molecule has 2 heterocycles. The zero-order chi connectivity index (χ0) is 14.8. The number of anilines is 1. The number of carbonyl (C=O) groups is 2. The average molecular weight is 289 g/mol. The number of carboxylic acid groups (broad SMARTS) is 1. The van der Waals surface area contributed by atoms with Crippen LogP contribution in [0.2, 0.25) is 0 Å². The van der Waals surface area contributed by atoms with Gasteiger partial charge in [0.1, 0.15) is 0 Å². The van der Waals surface area contributed by atoms with Gasteiger partial charge in [0.05, 0.1) is 18.2 Å². The van der Waals surface area contributed by atoms with E-state index in [9.17, 15) is 9.59 Å². The lowest BCUT2D eigenvalue weighted by atomic mass is 9.97. The second kappa shape index (κ2) is 5.85. The summed E-state index contributed by atoms with van der Waals surface area (Å²) in [6.45, 7) is 1.33. The lowest BCUT2D eigenvalue weighted by Crippen LogP contribution is -2.42. The molecule has 1 saturated heterocycles. The van der Waals surface area contributed by atoms with E-state index >= 15 is 0 Å². The predicted molar refractivity (Wildman–Crippen MR) is 77.7 cm³/mol. The van der Waals surface area contributed by atoms with Crippen molar-refractivity contribution in [2.24, 2.45) is 0 Å². The number of fused-ring (bicyclic) bond motifs is 1. The van der Waals surface area contributed by atoms with Crippen molar-refractivity contribution in [3.05, 3.63) is 29.3 Å². The van der Waals surface area contributed by atoms with Crippen molar-refractivity contribution in [3.63, 3.8) is 0 Å². The number of carbonyl (C=O) groups excluding carboxylic acids is 1. The molecule has 0 bridgehead atoms. The number of ether oxygens (including phenoxy) is 1. The first kappa shape index (κ1) is 14.1. The van der Waals surface area contributed by atoms with Crippen LogP contribution in [0.5, 0.6) is 0 Å². The molecule has 0 radical (unpaired) electrons. The summed E-state index contributed by atoms with van der Waals surface area (Å²) < 4.78 is 5.72. The van der Waals surface area contributed by atoms with E-state index < -0.39 is 5.97 Å². The van der Waals surface area contributed by atoms with Crippen LogP contribution in [0.3, 0.4) is 0 Å². The van der Waals surface area contributed by atoms with Crippen molar-refractivity contribution in [2.75, 3.05) is 18.1 Å². The number of aryl methyl sites for hydroxylation is 1. The van der Waals surface area contributed by atoms with Crippen molar-refractivity contribution in [1.82, 2.24) is 0 Å². The minimum atomic E-state index is -0.933. The first-order valence-electron chi connectivity index (χ1n) is 7.43. The molecule has 1 fully saturated rings. The Balaban J connectivity index is 1.84. The van der Waals surface area contributed by atoms with Crippen LogP contribution in [-0.4, -0.2) is 36.2 Å². The molecule has 1 unspecified atom stereocenters. The second-order valence-corrected chi connectivity index (χ2v) is 5.64. The summed E-state index contributed by atoms with van der Waals surface area (Å²) >= 11 is 0. The summed E-state index contributed by atoms with van der Waals surface area (Å²) in [5.41, 5.74) is 2.05. The van der Waals surface area contributed by atoms with Crippen LogP contribution in [-0.2, 0) is 16.0 Å². The number of aromatic carboxylic acids is 1. The summed E-state index contributed by atoms with van der Waals surface area (Å²) in [6, 6.07) is 4.99. The van der Waals surface area contributed by atoms with E-state index in [2.05, 4.69) is 0 Å². The van der Waals surface area contributed by atoms with Gasteiger partial charge in [-0.05, 0) is 49.4 Å². The molecule has 1 N–H and O–H groups in total. The molecule has 2 aliphatic heterocycles. The molecule has 0 spiro atoms. The van der Waals surface area contributed by atoms with Crippen molar-refractivity contribution in [2.45, 2.75) is 38.2 Å². The second-order valence-electron chi connectivity index (χ2n) is 5.64. The van der Waals surface area contributed by atoms with E-state index in [-0.39, 0.29) is 17.6 Å². The van der Waals surface area contributed by atoms with Crippen LogP contribution in [0.4, 0.5) is 5.69 Å². The molecule has 3 rings (SSSR count). The monoisotopic (exact) mass is 289 g/mol. The van der Waals surface area contributed by atoms with Crippen molar-refractivity contribution in [1.29, 1.82) is 0 Å². The Hall–Kier alpha value is -1.88. The van der Waals surface area contributed by atoms with Gasteiger partial charge in [-0.15, -0.1) is 0 Å². The molecule has 0 saturated carbocycles. The fraction of sp³-hybridized carbons (Fsp3) is 0.500. The summed E-state index contributed by atoms with van der Waals surface area (Å²) in [7, 11) is 0. The number of hydrogen-bond donors (Lipinski definition) is 1. The normalized spacial score (nSPS) is 22.0. The average Bonchev–Trinajstić information content (AvgIpc) is 2.50. The zero-order valence-corrected chi connectivity index (χ0v) is 11.9. The van der Waals surface area contributed by atoms with Crippen LogP contribution < -0.4 is 4.90 Å². The van der Waals surface area contributed by atoms with Gasteiger partial charge >= 0.3 is 5.97 Å². The highest BCUT2D eigenvalue weighted by Crippen LogP contribution is 2.30. The number of amides is 1. The molecule has 5 heteroatoms. The van der Waals surface area contributed by atoms with Gasteiger partial charge < -0.3 is 14.7 Å². The summed E-state index contributed by atoms with van der Waals surface area (Å²) in [5, 5.41) is 9.06. The third-order valence-electron chi connectivity index (χ3n) is 4.19. The van der Waals surface area contributed by atoms with E-state index in [4.69, 9.17) is 9.84 Å². The Morgan fingerprint density at radius 2 is 2.19 bits per heavy atom. The van der Waals surface area contributed by atoms with E-state index in [1.54, 1.807) is 23.1 Å². The summed E-state index contributed by atoms with van der Waals surface area (Å²) in [4.78, 5) is 25.0. The number of benzene rings is 1. The maximum Gasteiger partial charge on any atom is 0.335 e. The highest BCUT2D eigenvalue weighted by Gasteiger charge is 2.28. The highest BCUT2D eigenvalue weighted by molar-refractivity contribution is 5.97. The highest BCUT2D eigenvalue weighted by atomic mass is 16.5. The number of carboxylic acids is 1. The molecular formula is C16H19NO4. The van der Waals surface area contributed by atoms with Gasteiger partial charge in [0, 0.05) is 18.7 Å². The Morgan fingerprint density at radius 3 is 2.90 bits per heavy atom. The lowest BCUT2D eigenvalue weighted by molar-refractivity contribution is -0.119. The SMILES string of the molecule is O=C(O)c1ccc2c(c1)CCC(=O)N2CC1CCCCO1. The van der Waals surface area contributed by atoms with E-state index in [0.717, 1.165) is 37.1 Å². The van der Waals surface area contributed by atoms with E-state index in [1.807, 2.05) is 0 Å². The molecule has 5 nitrogen and oxygen atoms in total. The van der Waals surface area contributed by atoms with Crippen LogP contribution in [0, 0.1) is 0 Å². The molecule has 112 valence electrons. The van der Waals surface area contributed by atoms with Gasteiger partial charge in [0.25, 0.3) is 0 Å². The van der Waals surface area contributed by atoms with Gasteiger partial charge in [0.15, 0.2) is 0 Å². The Morgan fingerprint density at radius 1 is 1.33 bits per heavy atom. The number of hydrogen-bond acceptors (Lipinski definition) is 3. The standard InChI is InChI=1S/C16H19NO4/c18-15-7-5-11-9-12(16(19)20)4-6-14(11)17(15)10-13-3-1-2-8-21-13/h4,6,9,13H,1-3,5,7-8,10H2,(H,19,20). The Kier molecular flexibility index (Phi) is 3.92. The van der Waals surface area contributed by atoms with Crippen molar-refractivity contribution in [3.8, 4) is 0 Å². The lowest BCUT2D eigenvalue weighted by Gasteiger charge is -2.34. The molecule has 1 aromatic rings. The minimum absolute atomic E-state index is 0.0906. The molecule has 2 aliphatic rings. The third kappa shape index (κ3) is 2.93. The maximum absolute atomic E-state index is 12.2. The molecule has 1 atom stereocenters. The smallest absolute Gasteiger partial charge is 0.335 e. The quantitative estimate of drug-likeness (QED) is 0.926. The molecule has 0 aliphatic carbocycles. The number of nitrogens with zero attached hydrogens (tertiary/aromatic N) is 1. The molecule has 21 heavy (non-hydrogen) atoms. The Labute approximate surface area is 123 Å². The van der Waals surface area contributed by atoms with Crippen LogP contribution in [0.25, 0.3) is 0 Å². The number of rotatable bonds is 3. The Bertz CT molecular complexity index is 563. The van der Waals surface area contributed by atoms with Gasteiger partial charge in [-0.25, -0.2) is 4.79 Å². The van der Waals surface area contributed by atoms with Crippen LogP contribution >= 0.6 is 0 Å². The summed E-state index contributed by atoms with van der Waals surface area (Å²) in [5.74, 6) is -0.836. The van der Waals surface area contributed by atoms with E-state index in [0.29, 0.717) is 19.4 Å². The fourth-order valence-corrected chi connectivity index (χ4v) is 3.05. The van der Waals surface area contributed by atoms with Gasteiger partial charge in [-0.2, -0.15) is 0 Å². The molecule has 0 aromatic heterocycles. The predicted octanol–water partition coefficient (Wildman–Crippen LogP) is 2.23. The van der Waals surface area contributed by atoms with Gasteiger partial charge in [-0.3, -0.25) is 4.79 Å². The van der Waals surface area contributed by atoms with Crippen molar-refractivity contribution >= 4 is 17.6 Å². The third-order valence-corrected chi connectivity index (χ3v) is 4.19. The first-order valence-corrected chi connectivity index (χ1v) is 7.43. The van der Waals surface area contributed by atoms with Gasteiger partial charge in [-0.1, -0.05) is 0 Å². The fourth-order valence-electron chi connectivity index (χ4n) is 3.05. The van der Waals surface area contributed by atoms with E-state index in [1.165, 1.54) is 0 Å². The maximum atomic E-state index is 12.2. The van der Waals surface area contributed by atoms with Crippen LogP contribution in [0.1, 0.15) is 41.6 Å². The van der Waals surface area contributed by atoms with Gasteiger partial charge in [0.2, 0.25) is 5.91 Å².